The van der Waals surface area contributed by atoms with E-state index < -0.39 is 21.4 Å². The maximum atomic E-state index is 13.0. The number of aromatic nitrogens is 2. The molecule has 3 saturated heterocycles. The summed E-state index contributed by atoms with van der Waals surface area (Å²) in [5, 5.41) is 0.574. The van der Waals surface area contributed by atoms with Gasteiger partial charge in [0.1, 0.15) is 17.0 Å². The average molecular weight is 449 g/mol. The largest absolute Gasteiger partial charge is 0.446 e. The van der Waals surface area contributed by atoms with Crippen molar-refractivity contribution in [3.63, 3.8) is 0 Å². The van der Waals surface area contributed by atoms with Gasteiger partial charge in [-0.1, -0.05) is 0 Å². The third-order valence-electron chi connectivity index (χ3n) is 6.70. The van der Waals surface area contributed by atoms with Crippen molar-refractivity contribution < 1.29 is 22.7 Å². The second-order valence-corrected chi connectivity index (χ2v) is 10.8. The molecule has 31 heavy (non-hydrogen) atoms. The minimum atomic E-state index is -3.42. The van der Waals surface area contributed by atoms with Crippen molar-refractivity contribution in [1.82, 2.24) is 19.2 Å². The molecule has 168 valence electrons. The average Bonchev–Trinajstić information content (AvgIpc) is 3.17. The summed E-state index contributed by atoms with van der Waals surface area (Å²) < 4.78 is 38.4. The van der Waals surface area contributed by atoms with Crippen molar-refractivity contribution >= 4 is 27.1 Å². The molecular formula is C21H28N4O5S. The van der Waals surface area contributed by atoms with Crippen LogP contribution in [0.5, 0.6) is 0 Å². The minimum Gasteiger partial charge on any atom is -0.446 e. The summed E-state index contributed by atoms with van der Waals surface area (Å²) in [5.41, 5.74) is 2.08. The standard InChI is InChI=1S/C21H28N4O5S/c26-21(30-16-5-10-29-11-6-16)24-13-17(14-24)31(27,28)25-8-3-15(4-9-25)19-12-23-20-18(19)2-1-7-22-20/h1-2,7,12,15-17H,3-6,8-11,13-14H2,(H,22,23). The number of nitrogens with one attached hydrogen (secondary N) is 1. The van der Waals surface area contributed by atoms with Gasteiger partial charge in [0.2, 0.25) is 10.0 Å². The van der Waals surface area contributed by atoms with Crippen LogP contribution in [0.25, 0.3) is 11.0 Å². The van der Waals surface area contributed by atoms with Gasteiger partial charge in [0.25, 0.3) is 0 Å². The minimum absolute atomic E-state index is 0.129. The molecule has 0 spiro atoms. The number of piperidine rings is 1. The van der Waals surface area contributed by atoms with Crippen LogP contribution >= 0.6 is 0 Å². The second kappa shape index (κ2) is 8.40. The highest BCUT2D eigenvalue weighted by atomic mass is 32.2. The topological polar surface area (TPSA) is 105 Å². The van der Waals surface area contributed by atoms with Gasteiger partial charge in [-0.3, -0.25) is 0 Å². The van der Waals surface area contributed by atoms with Gasteiger partial charge in [-0.05, 0) is 36.5 Å². The predicted molar refractivity (Wildman–Crippen MR) is 114 cm³/mol. The van der Waals surface area contributed by atoms with Crippen molar-refractivity contribution in [2.45, 2.75) is 43.0 Å². The lowest BCUT2D eigenvalue weighted by Gasteiger charge is -2.42. The molecule has 1 N–H and O–H groups in total. The highest BCUT2D eigenvalue weighted by Crippen LogP contribution is 2.34. The van der Waals surface area contributed by atoms with Gasteiger partial charge in [0, 0.05) is 56.8 Å². The molecule has 0 aliphatic carbocycles. The van der Waals surface area contributed by atoms with Crippen molar-refractivity contribution in [1.29, 1.82) is 0 Å². The molecule has 0 radical (unpaired) electrons. The lowest BCUT2D eigenvalue weighted by molar-refractivity contribution is -0.0155. The molecule has 10 heteroatoms. The first-order chi connectivity index (χ1) is 15.0. The van der Waals surface area contributed by atoms with Crippen molar-refractivity contribution in [3.05, 3.63) is 30.1 Å². The Bertz CT molecular complexity index is 1030. The molecule has 2 aromatic rings. The first kappa shape index (κ1) is 20.7. The predicted octanol–water partition coefficient (Wildman–Crippen LogP) is 2.07. The molecule has 9 nitrogen and oxygen atoms in total. The van der Waals surface area contributed by atoms with Gasteiger partial charge >= 0.3 is 6.09 Å². The van der Waals surface area contributed by atoms with Gasteiger partial charge in [0.15, 0.2) is 0 Å². The maximum absolute atomic E-state index is 13.0. The molecule has 2 aromatic heterocycles. The molecule has 3 fully saturated rings. The van der Waals surface area contributed by atoms with Crippen LogP contribution < -0.4 is 0 Å². The molecule has 5 rings (SSSR count). The van der Waals surface area contributed by atoms with E-state index in [9.17, 15) is 13.2 Å². The van der Waals surface area contributed by atoms with Crippen molar-refractivity contribution in [2.75, 3.05) is 39.4 Å². The van der Waals surface area contributed by atoms with E-state index in [1.807, 2.05) is 12.3 Å². The molecule has 3 aliphatic rings. The van der Waals surface area contributed by atoms with Gasteiger partial charge in [0.05, 0.1) is 13.2 Å². The van der Waals surface area contributed by atoms with Crippen molar-refractivity contribution in [2.24, 2.45) is 0 Å². The van der Waals surface area contributed by atoms with E-state index in [4.69, 9.17) is 9.47 Å². The van der Waals surface area contributed by atoms with Crippen molar-refractivity contribution in [3.8, 4) is 0 Å². The van der Waals surface area contributed by atoms with Gasteiger partial charge in [-0.25, -0.2) is 22.5 Å². The number of rotatable bonds is 4. The zero-order valence-electron chi connectivity index (χ0n) is 17.4. The SMILES string of the molecule is O=C(OC1CCOCC1)N1CC(S(=O)(=O)N2CCC(c3c[nH]c4ncccc34)CC2)C1. The molecule has 0 unspecified atom stereocenters. The Morgan fingerprint density at radius 1 is 1.16 bits per heavy atom. The Kier molecular flexibility index (Phi) is 5.61. The molecule has 3 aliphatic heterocycles. The maximum Gasteiger partial charge on any atom is 0.410 e. The van der Waals surface area contributed by atoms with E-state index in [0.717, 1.165) is 23.9 Å². The van der Waals surface area contributed by atoms with E-state index in [-0.39, 0.29) is 19.2 Å². The monoisotopic (exact) mass is 448 g/mol. The second-order valence-electron chi connectivity index (χ2n) is 8.58. The number of nitrogens with zero attached hydrogens (tertiary/aromatic N) is 3. The Hall–Kier alpha value is -2.17. The molecule has 5 heterocycles. The number of amides is 1. The number of fused-ring (bicyclic) bond motifs is 1. The summed E-state index contributed by atoms with van der Waals surface area (Å²) in [6, 6.07) is 3.98. The number of pyridine rings is 1. The van der Waals surface area contributed by atoms with Crippen LogP contribution in [0.15, 0.2) is 24.5 Å². The molecule has 1 amide bonds. The number of hydrogen-bond acceptors (Lipinski definition) is 6. The smallest absolute Gasteiger partial charge is 0.410 e. The Labute approximate surface area is 181 Å². The number of aromatic amines is 1. The highest BCUT2D eigenvalue weighted by Gasteiger charge is 2.44. The summed E-state index contributed by atoms with van der Waals surface area (Å²) in [5.74, 6) is 0.316. The zero-order chi connectivity index (χ0) is 21.4. The number of hydrogen-bond donors (Lipinski definition) is 1. The number of carbonyl (C=O) groups is 1. The molecule has 0 aromatic carbocycles. The summed E-state index contributed by atoms with van der Waals surface area (Å²) >= 11 is 0. The van der Waals surface area contributed by atoms with Gasteiger partial charge in [-0.15, -0.1) is 0 Å². The molecule has 0 bridgehead atoms. The normalized spacial score (nSPS) is 22.5. The van der Waals surface area contributed by atoms with E-state index >= 15 is 0 Å². The van der Waals surface area contributed by atoms with Crippen LogP contribution in [-0.2, 0) is 19.5 Å². The van der Waals surface area contributed by atoms with Crippen LogP contribution in [0.4, 0.5) is 4.79 Å². The molecule has 0 atom stereocenters. The third-order valence-corrected chi connectivity index (χ3v) is 8.93. The van der Waals surface area contributed by atoms with E-state index in [0.29, 0.717) is 45.1 Å². The van der Waals surface area contributed by atoms with Crippen LogP contribution in [0.3, 0.4) is 0 Å². The Morgan fingerprint density at radius 3 is 2.65 bits per heavy atom. The number of sulfonamides is 1. The summed E-state index contributed by atoms with van der Waals surface area (Å²) in [6.45, 7) is 2.61. The summed E-state index contributed by atoms with van der Waals surface area (Å²) in [7, 11) is -3.42. The lowest BCUT2D eigenvalue weighted by Crippen LogP contribution is -2.60. The Morgan fingerprint density at radius 2 is 1.90 bits per heavy atom. The number of likely N-dealkylation sites (tertiary alicyclic amines) is 1. The van der Waals surface area contributed by atoms with Crippen LogP contribution in [-0.4, -0.2) is 84.4 Å². The fourth-order valence-corrected chi connectivity index (χ4v) is 6.61. The first-order valence-electron chi connectivity index (χ1n) is 11.0. The Balaban J connectivity index is 1.14. The van der Waals surface area contributed by atoms with E-state index in [1.54, 1.807) is 10.5 Å². The number of carbonyl (C=O) groups excluding carboxylic acids is 1. The summed E-state index contributed by atoms with van der Waals surface area (Å²) in [4.78, 5) is 21.3. The number of H-pyrrole nitrogens is 1. The van der Waals surface area contributed by atoms with E-state index in [2.05, 4.69) is 16.0 Å². The van der Waals surface area contributed by atoms with Crippen LogP contribution in [0, 0.1) is 0 Å². The van der Waals surface area contributed by atoms with Gasteiger partial charge in [-0.2, -0.15) is 0 Å². The number of ether oxygens (including phenoxy) is 2. The fourth-order valence-electron chi connectivity index (χ4n) is 4.73. The molecular weight excluding hydrogens is 420 g/mol. The quantitative estimate of drug-likeness (QED) is 0.768. The molecule has 0 saturated carbocycles. The lowest BCUT2D eigenvalue weighted by atomic mass is 9.90. The zero-order valence-corrected chi connectivity index (χ0v) is 18.2. The van der Waals surface area contributed by atoms with E-state index in [1.165, 1.54) is 10.5 Å². The third kappa shape index (κ3) is 4.04. The summed E-state index contributed by atoms with van der Waals surface area (Å²) in [6.07, 6.45) is 6.18. The first-order valence-corrected chi connectivity index (χ1v) is 12.5. The van der Waals surface area contributed by atoms with Crippen LogP contribution in [0.2, 0.25) is 0 Å². The highest BCUT2D eigenvalue weighted by molar-refractivity contribution is 7.89. The van der Waals surface area contributed by atoms with Crippen LogP contribution in [0.1, 0.15) is 37.2 Å². The van der Waals surface area contributed by atoms with Gasteiger partial charge < -0.3 is 19.4 Å². The fraction of sp³-hybridized carbons (Fsp3) is 0.619.